The smallest absolute Gasteiger partial charge is 0.326 e. The standard InChI is InChI=1S/C13H26N2O5/c1-13(2,3)10(11(16)17)15-12(18)14-6-5-7-20-9-8-19-4/h10H,5-9H2,1-4H3,(H,16,17)(H2,14,15,18)/t10-/m1/s1. The summed E-state index contributed by atoms with van der Waals surface area (Å²) in [5.41, 5.74) is -0.549. The number of nitrogens with one attached hydrogen (secondary N) is 2. The summed E-state index contributed by atoms with van der Waals surface area (Å²) < 4.78 is 10.1. The second kappa shape index (κ2) is 9.55. The second-order valence-electron chi connectivity index (χ2n) is 5.50. The highest BCUT2D eigenvalue weighted by Crippen LogP contribution is 2.19. The van der Waals surface area contributed by atoms with Crippen molar-refractivity contribution in [2.24, 2.45) is 5.41 Å². The molecule has 1 atom stereocenters. The molecule has 0 aromatic heterocycles. The number of methoxy groups -OCH3 is 1. The summed E-state index contributed by atoms with van der Waals surface area (Å²) >= 11 is 0. The van der Waals surface area contributed by atoms with E-state index >= 15 is 0 Å². The van der Waals surface area contributed by atoms with Crippen LogP contribution in [0.2, 0.25) is 0 Å². The van der Waals surface area contributed by atoms with Crippen LogP contribution < -0.4 is 10.6 Å². The van der Waals surface area contributed by atoms with E-state index < -0.39 is 23.5 Å². The Labute approximate surface area is 120 Å². The Morgan fingerprint density at radius 2 is 1.85 bits per heavy atom. The fourth-order valence-electron chi connectivity index (χ4n) is 1.45. The van der Waals surface area contributed by atoms with E-state index in [0.29, 0.717) is 32.8 Å². The summed E-state index contributed by atoms with van der Waals surface area (Å²) in [4.78, 5) is 22.7. The van der Waals surface area contributed by atoms with Crippen LogP contribution in [-0.4, -0.2) is 56.6 Å². The number of aliphatic carboxylic acids is 1. The van der Waals surface area contributed by atoms with E-state index in [9.17, 15) is 9.59 Å². The normalized spacial score (nSPS) is 12.8. The van der Waals surface area contributed by atoms with Crippen LogP contribution in [0, 0.1) is 5.41 Å². The third-order valence-electron chi connectivity index (χ3n) is 2.57. The molecule has 2 amide bonds. The monoisotopic (exact) mass is 290 g/mol. The van der Waals surface area contributed by atoms with Crippen LogP contribution in [0.1, 0.15) is 27.2 Å². The first kappa shape index (κ1) is 18.7. The topological polar surface area (TPSA) is 96.9 Å². The SMILES string of the molecule is COCCOCCCNC(=O)N[C@H](C(=O)O)C(C)(C)C. The predicted molar refractivity (Wildman–Crippen MR) is 74.7 cm³/mol. The number of rotatable bonds is 9. The lowest BCUT2D eigenvalue weighted by atomic mass is 9.87. The zero-order valence-electron chi connectivity index (χ0n) is 12.7. The van der Waals surface area contributed by atoms with Gasteiger partial charge in [0.05, 0.1) is 13.2 Å². The summed E-state index contributed by atoms with van der Waals surface area (Å²) in [5, 5.41) is 14.1. The second-order valence-corrected chi connectivity index (χ2v) is 5.50. The summed E-state index contributed by atoms with van der Waals surface area (Å²) in [7, 11) is 1.60. The van der Waals surface area contributed by atoms with E-state index in [1.54, 1.807) is 27.9 Å². The Bertz CT molecular complexity index is 302. The van der Waals surface area contributed by atoms with E-state index in [1.165, 1.54) is 0 Å². The summed E-state index contributed by atoms with van der Waals surface area (Å²) in [6.07, 6.45) is 0.657. The lowest BCUT2D eigenvalue weighted by Gasteiger charge is -2.27. The van der Waals surface area contributed by atoms with Crippen LogP contribution in [0.3, 0.4) is 0 Å². The Hall–Kier alpha value is -1.34. The molecule has 0 aliphatic rings. The average molecular weight is 290 g/mol. The Morgan fingerprint density at radius 1 is 1.20 bits per heavy atom. The van der Waals surface area contributed by atoms with Crippen molar-refractivity contribution in [2.45, 2.75) is 33.2 Å². The molecule has 0 aromatic carbocycles. The number of ether oxygens (including phenoxy) is 2. The van der Waals surface area contributed by atoms with Gasteiger partial charge in [0.15, 0.2) is 0 Å². The van der Waals surface area contributed by atoms with Crippen molar-refractivity contribution >= 4 is 12.0 Å². The molecule has 0 unspecified atom stereocenters. The van der Waals surface area contributed by atoms with Crippen molar-refractivity contribution in [3.63, 3.8) is 0 Å². The molecule has 7 nitrogen and oxygen atoms in total. The van der Waals surface area contributed by atoms with Gasteiger partial charge in [0.1, 0.15) is 6.04 Å². The Kier molecular flexibility index (Phi) is 8.91. The Morgan fingerprint density at radius 3 is 2.35 bits per heavy atom. The highest BCUT2D eigenvalue weighted by molar-refractivity contribution is 5.83. The Balaban J connectivity index is 3.84. The first-order chi connectivity index (χ1) is 9.29. The average Bonchev–Trinajstić information content (AvgIpc) is 2.33. The molecule has 3 N–H and O–H groups in total. The number of carbonyl (C=O) groups excluding carboxylic acids is 1. The maximum absolute atomic E-state index is 11.6. The van der Waals surface area contributed by atoms with Gasteiger partial charge in [-0.25, -0.2) is 9.59 Å². The number of carboxylic acid groups (broad SMARTS) is 1. The molecule has 7 heteroatoms. The fourth-order valence-corrected chi connectivity index (χ4v) is 1.45. The van der Waals surface area contributed by atoms with Gasteiger partial charge in [0, 0.05) is 20.3 Å². The molecule has 0 rings (SSSR count). The fraction of sp³-hybridized carbons (Fsp3) is 0.846. The van der Waals surface area contributed by atoms with Crippen LogP contribution in [0.15, 0.2) is 0 Å². The van der Waals surface area contributed by atoms with Crippen LogP contribution in [0.4, 0.5) is 4.79 Å². The first-order valence-electron chi connectivity index (χ1n) is 6.63. The van der Waals surface area contributed by atoms with Crippen molar-refractivity contribution in [1.82, 2.24) is 10.6 Å². The minimum atomic E-state index is -1.05. The van der Waals surface area contributed by atoms with Gasteiger partial charge in [-0.15, -0.1) is 0 Å². The highest BCUT2D eigenvalue weighted by Gasteiger charge is 2.32. The predicted octanol–water partition coefficient (Wildman–Crippen LogP) is 0.838. The number of amides is 2. The molecule has 0 spiro atoms. The quantitative estimate of drug-likeness (QED) is 0.547. The largest absolute Gasteiger partial charge is 0.480 e. The number of hydrogen-bond acceptors (Lipinski definition) is 4. The molecule has 0 heterocycles. The molecule has 0 fully saturated rings. The van der Waals surface area contributed by atoms with E-state index in [4.69, 9.17) is 14.6 Å². The van der Waals surface area contributed by atoms with Crippen LogP contribution in [0.5, 0.6) is 0 Å². The van der Waals surface area contributed by atoms with Crippen molar-refractivity contribution in [1.29, 1.82) is 0 Å². The van der Waals surface area contributed by atoms with E-state index in [1.807, 2.05) is 0 Å². The molecule has 118 valence electrons. The molecular formula is C13H26N2O5. The van der Waals surface area contributed by atoms with Gasteiger partial charge in [-0.2, -0.15) is 0 Å². The van der Waals surface area contributed by atoms with Gasteiger partial charge in [-0.3, -0.25) is 0 Å². The van der Waals surface area contributed by atoms with Gasteiger partial charge in [0.2, 0.25) is 0 Å². The molecule has 0 saturated carbocycles. The molecule has 0 aliphatic heterocycles. The zero-order chi connectivity index (χ0) is 15.6. The molecule has 0 aliphatic carbocycles. The third kappa shape index (κ3) is 8.71. The first-order valence-corrected chi connectivity index (χ1v) is 6.63. The lowest BCUT2D eigenvalue weighted by Crippen LogP contribution is -2.52. The van der Waals surface area contributed by atoms with Crippen LogP contribution in [0.25, 0.3) is 0 Å². The molecular weight excluding hydrogens is 264 g/mol. The van der Waals surface area contributed by atoms with E-state index in [0.717, 1.165) is 0 Å². The number of carbonyl (C=O) groups is 2. The molecule has 0 aromatic rings. The minimum absolute atomic E-state index is 0.426. The van der Waals surface area contributed by atoms with Crippen LogP contribution >= 0.6 is 0 Å². The number of hydrogen-bond donors (Lipinski definition) is 3. The van der Waals surface area contributed by atoms with Crippen molar-refractivity contribution in [3.8, 4) is 0 Å². The zero-order valence-corrected chi connectivity index (χ0v) is 12.7. The summed E-state index contributed by atoms with van der Waals surface area (Å²) in [6.45, 7) is 7.29. The molecule has 0 radical (unpaired) electrons. The van der Waals surface area contributed by atoms with Gasteiger partial charge in [-0.1, -0.05) is 20.8 Å². The van der Waals surface area contributed by atoms with E-state index in [-0.39, 0.29) is 0 Å². The van der Waals surface area contributed by atoms with Crippen molar-refractivity contribution in [2.75, 3.05) is 33.5 Å². The number of urea groups is 1. The van der Waals surface area contributed by atoms with Gasteiger partial charge in [0.25, 0.3) is 0 Å². The lowest BCUT2D eigenvalue weighted by molar-refractivity contribution is -0.141. The number of carboxylic acids is 1. The molecule has 0 bridgehead atoms. The summed E-state index contributed by atoms with van der Waals surface area (Å²) in [5.74, 6) is -1.05. The van der Waals surface area contributed by atoms with E-state index in [2.05, 4.69) is 10.6 Å². The maximum atomic E-state index is 11.6. The van der Waals surface area contributed by atoms with Gasteiger partial charge < -0.3 is 25.2 Å². The molecule has 20 heavy (non-hydrogen) atoms. The van der Waals surface area contributed by atoms with Crippen molar-refractivity contribution in [3.05, 3.63) is 0 Å². The minimum Gasteiger partial charge on any atom is -0.480 e. The third-order valence-corrected chi connectivity index (χ3v) is 2.57. The maximum Gasteiger partial charge on any atom is 0.326 e. The van der Waals surface area contributed by atoms with Crippen molar-refractivity contribution < 1.29 is 24.2 Å². The summed E-state index contributed by atoms with van der Waals surface area (Å²) in [6, 6.07) is -1.41. The highest BCUT2D eigenvalue weighted by atomic mass is 16.5. The molecule has 0 saturated heterocycles. The van der Waals surface area contributed by atoms with Gasteiger partial charge in [-0.05, 0) is 11.8 Å². The van der Waals surface area contributed by atoms with Gasteiger partial charge >= 0.3 is 12.0 Å². The van der Waals surface area contributed by atoms with Crippen LogP contribution in [-0.2, 0) is 14.3 Å².